The van der Waals surface area contributed by atoms with Gasteiger partial charge in [0.1, 0.15) is 5.82 Å². The van der Waals surface area contributed by atoms with Gasteiger partial charge in [-0.15, -0.1) is 0 Å². The first kappa shape index (κ1) is 26.1. The van der Waals surface area contributed by atoms with E-state index in [-0.39, 0.29) is 23.8 Å². The van der Waals surface area contributed by atoms with E-state index in [0.29, 0.717) is 18.4 Å². The molecule has 0 saturated carbocycles. The highest BCUT2D eigenvalue weighted by molar-refractivity contribution is 6.31. The summed E-state index contributed by atoms with van der Waals surface area (Å²) in [6.45, 7) is -0.344. The minimum atomic E-state index is -4.89. The highest BCUT2D eigenvalue weighted by Gasteiger charge is 2.44. The van der Waals surface area contributed by atoms with Crippen molar-refractivity contribution in [1.82, 2.24) is 4.90 Å². The Morgan fingerprint density at radius 2 is 1.88 bits per heavy atom. The lowest BCUT2D eigenvalue weighted by atomic mass is 9.89. The summed E-state index contributed by atoms with van der Waals surface area (Å²) in [7, 11) is 0. The third-order valence-corrected chi connectivity index (χ3v) is 5.68. The molecule has 2 aromatic carbocycles. The normalized spacial score (nSPS) is 18.4. The van der Waals surface area contributed by atoms with E-state index in [4.69, 9.17) is 11.6 Å². The van der Waals surface area contributed by atoms with Crippen LogP contribution in [-0.2, 0) is 10.9 Å². The van der Waals surface area contributed by atoms with E-state index >= 15 is 0 Å². The Labute approximate surface area is 195 Å². The predicted octanol–water partition coefficient (Wildman–Crippen LogP) is 6.86. The molecule has 0 spiro atoms. The van der Waals surface area contributed by atoms with Crippen LogP contribution in [-0.4, -0.2) is 42.9 Å². The number of likely N-dealkylation sites (tertiary alicyclic amines) is 1. The van der Waals surface area contributed by atoms with Crippen LogP contribution in [0.25, 0.3) is 0 Å². The van der Waals surface area contributed by atoms with E-state index in [1.807, 2.05) is 0 Å². The molecule has 0 radical (unpaired) electrons. The number of halogens is 8. The van der Waals surface area contributed by atoms with Crippen molar-refractivity contribution in [3.8, 4) is 0 Å². The Balaban J connectivity index is 1.66. The Morgan fingerprint density at radius 1 is 1.15 bits per heavy atom. The number of ether oxygens (including phenoxy) is 1. The standard InChI is InChI=1S/C22H20ClF7N2O2/c23-17-10-16(6-7-18(17)24)31-20(33)34-19(22(28,29)30)12-32-8-2-4-14(11-32)13-3-1-5-15(9-13)21(25,26)27/h1,3,5-7,9-10,14,19H,2,4,8,11-12H2,(H,31,33). The molecule has 34 heavy (non-hydrogen) atoms. The minimum Gasteiger partial charge on any atom is -0.435 e. The van der Waals surface area contributed by atoms with E-state index in [1.54, 1.807) is 0 Å². The van der Waals surface area contributed by atoms with Crippen molar-refractivity contribution >= 4 is 23.4 Å². The Kier molecular flexibility index (Phi) is 7.97. The van der Waals surface area contributed by atoms with Crippen molar-refractivity contribution in [3.63, 3.8) is 0 Å². The third-order valence-electron chi connectivity index (χ3n) is 5.40. The number of amides is 1. The molecule has 1 heterocycles. The lowest BCUT2D eigenvalue weighted by Crippen LogP contribution is -2.47. The van der Waals surface area contributed by atoms with Crippen LogP contribution in [0.1, 0.15) is 29.9 Å². The third kappa shape index (κ3) is 6.99. The first-order chi connectivity index (χ1) is 15.8. The van der Waals surface area contributed by atoms with Crippen molar-refractivity contribution in [3.05, 3.63) is 64.4 Å². The van der Waals surface area contributed by atoms with Gasteiger partial charge in [0.15, 0.2) is 0 Å². The zero-order valence-corrected chi connectivity index (χ0v) is 18.3. The fourth-order valence-electron chi connectivity index (χ4n) is 3.75. The molecule has 0 bridgehead atoms. The van der Waals surface area contributed by atoms with Gasteiger partial charge in [0, 0.05) is 18.8 Å². The van der Waals surface area contributed by atoms with Gasteiger partial charge in [-0.2, -0.15) is 26.3 Å². The van der Waals surface area contributed by atoms with Crippen LogP contribution < -0.4 is 5.32 Å². The fraction of sp³-hybridized carbons (Fsp3) is 0.409. The predicted molar refractivity (Wildman–Crippen MR) is 111 cm³/mol. The lowest BCUT2D eigenvalue weighted by Gasteiger charge is -2.35. The van der Waals surface area contributed by atoms with Gasteiger partial charge in [-0.05, 0) is 55.1 Å². The number of hydrogen-bond donors (Lipinski definition) is 1. The molecule has 0 aliphatic carbocycles. The van der Waals surface area contributed by atoms with Gasteiger partial charge in [0.25, 0.3) is 0 Å². The number of benzene rings is 2. The van der Waals surface area contributed by atoms with Crippen molar-refractivity contribution in [2.75, 3.05) is 25.0 Å². The second kappa shape index (κ2) is 10.4. The molecule has 1 fully saturated rings. The lowest BCUT2D eigenvalue weighted by molar-refractivity contribution is -0.207. The SMILES string of the molecule is O=C(Nc1ccc(F)c(Cl)c1)OC(CN1CCCC(c2cccc(C(F)(F)F)c2)C1)C(F)(F)F. The molecule has 1 saturated heterocycles. The summed E-state index contributed by atoms with van der Waals surface area (Å²) in [6, 6.07) is 7.78. The summed E-state index contributed by atoms with van der Waals surface area (Å²) < 4.78 is 97.6. The van der Waals surface area contributed by atoms with E-state index in [1.165, 1.54) is 17.0 Å². The van der Waals surface area contributed by atoms with E-state index in [0.717, 1.165) is 30.3 Å². The zero-order chi connectivity index (χ0) is 25.1. The number of anilines is 1. The quantitative estimate of drug-likeness (QED) is 0.445. The maximum absolute atomic E-state index is 13.6. The van der Waals surface area contributed by atoms with Gasteiger partial charge in [-0.1, -0.05) is 29.8 Å². The van der Waals surface area contributed by atoms with Crippen LogP contribution in [0.2, 0.25) is 5.02 Å². The molecule has 2 atom stereocenters. The maximum Gasteiger partial charge on any atom is 0.426 e. The summed E-state index contributed by atoms with van der Waals surface area (Å²) in [5, 5.41) is 1.73. The van der Waals surface area contributed by atoms with Crippen molar-refractivity contribution in [2.45, 2.75) is 37.2 Å². The number of alkyl halides is 6. The molecule has 1 aliphatic rings. The van der Waals surface area contributed by atoms with Gasteiger partial charge >= 0.3 is 18.4 Å². The molecular weight excluding hydrogens is 493 g/mol. The molecule has 1 aliphatic heterocycles. The summed E-state index contributed by atoms with van der Waals surface area (Å²) in [5.74, 6) is -1.17. The molecule has 2 aromatic rings. The molecule has 2 unspecified atom stereocenters. The van der Waals surface area contributed by atoms with Crippen LogP contribution in [0.3, 0.4) is 0 Å². The van der Waals surface area contributed by atoms with Gasteiger partial charge in [0.05, 0.1) is 10.6 Å². The van der Waals surface area contributed by atoms with Crippen molar-refractivity contribution in [2.24, 2.45) is 0 Å². The summed E-state index contributed by atoms with van der Waals surface area (Å²) in [4.78, 5) is 13.4. The van der Waals surface area contributed by atoms with Gasteiger partial charge in [-0.3, -0.25) is 10.2 Å². The molecular formula is C22H20ClF7N2O2. The van der Waals surface area contributed by atoms with Crippen LogP contribution in [0.5, 0.6) is 0 Å². The number of rotatable bonds is 5. The number of hydrogen-bond acceptors (Lipinski definition) is 3. The fourth-order valence-corrected chi connectivity index (χ4v) is 3.94. The van der Waals surface area contributed by atoms with E-state index < -0.39 is 48.4 Å². The van der Waals surface area contributed by atoms with Crippen molar-refractivity contribution < 1.29 is 40.3 Å². The Bertz CT molecular complexity index is 1010. The minimum absolute atomic E-state index is 0.0556. The van der Waals surface area contributed by atoms with Gasteiger partial charge in [-0.25, -0.2) is 9.18 Å². The van der Waals surface area contributed by atoms with Crippen molar-refractivity contribution in [1.29, 1.82) is 0 Å². The number of carbonyl (C=O) groups is 1. The highest BCUT2D eigenvalue weighted by Crippen LogP contribution is 2.34. The molecule has 186 valence electrons. The smallest absolute Gasteiger partial charge is 0.426 e. The summed E-state index contributed by atoms with van der Waals surface area (Å²) >= 11 is 5.59. The average Bonchev–Trinajstić information content (AvgIpc) is 2.75. The van der Waals surface area contributed by atoms with Crippen LogP contribution in [0.15, 0.2) is 42.5 Å². The largest absolute Gasteiger partial charge is 0.435 e. The monoisotopic (exact) mass is 512 g/mol. The van der Waals surface area contributed by atoms with Crippen LogP contribution >= 0.6 is 11.6 Å². The maximum atomic E-state index is 13.6. The van der Waals surface area contributed by atoms with Crippen LogP contribution in [0, 0.1) is 5.82 Å². The second-order valence-electron chi connectivity index (χ2n) is 7.91. The molecule has 3 rings (SSSR count). The van der Waals surface area contributed by atoms with Gasteiger partial charge < -0.3 is 4.74 Å². The molecule has 4 nitrogen and oxygen atoms in total. The average molecular weight is 513 g/mol. The first-order valence-electron chi connectivity index (χ1n) is 10.2. The topological polar surface area (TPSA) is 41.6 Å². The second-order valence-corrected chi connectivity index (χ2v) is 8.32. The number of piperidine rings is 1. The summed E-state index contributed by atoms with van der Waals surface area (Å²) in [5.41, 5.74) is -0.494. The number of carbonyl (C=O) groups excluding carboxylic acids is 1. The molecule has 0 aromatic heterocycles. The highest BCUT2D eigenvalue weighted by atomic mass is 35.5. The zero-order valence-electron chi connectivity index (χ0n) is 17.5. The van der Waals surface area contributed by atoms with E-state index in [9.17, 15) is 35.5 Å². The number of nitrogens with one attached hydrogen (secondary N) is 1. The number of nitrogens with zero attached hydrogens (tertiary/aromatic N) is 1. The molecule has 12 heteroatoms. The Hall–Kier alpha value is -2.53. The molecule has 1 N–H and O–H groups in total. The first-order valence-corrected chi connectivity index (χ1v) is 10.6. The summed E-state index contributed by atoms with van der Waals surface area (Å²) in [6.07, 6.45) is -12.3. The van der Waals surface area contributed by atoms with E-state index in [2.05, 4.69) is 10.1 Å². The molecule has 1 amide bonds. The van der Waals surface area contributed by atoms with Crippen LogP contribution in [0.4, 0.5) is 41.2 Å². The Morgan fingerprint density at radius 3 is 2.53 bits per heavy atom. The van der Waals surface area contributed by atoms with Gasteiger partial charge in [0.2, 0.25) is 6.10 Å².